The van der Waals surface area contributed by atoms with Gasteiger partial charge in [0, 0.05) is 32.2 Å². The van der Waals surface area contributed by atoms with Crippen LogP contribution in [0.15, 0.2) is 0 Å². The largest absolute Gasteiger partial charge is 0.372 e. The highest BCUT2D eigenvalue weighted by atomic mass is 16.5. The lowest BCUT2D eigenvalue weighted by atomic mass is 9.85. The lowest BCUT2D eigenvalue weighted by molar-refractivity contribution is -0.139. The molecule has 2 aliphatic rings. The third-order valence-electron chi connectivity index (χ3n) is 3.75. The molecule has 2 unspecified atom stereocenters. The van der Waals surface area contributed by atoms with E-state index in [0.717, 1.165) is 32.4 Å². The highest BCUT2D eigenvalue weighted by Crippen LogP contribution is 2.25. The summed E-state index contributed by atoms with van der Waals surface area (Å²) in [7, 11) is 0. The Hall–Kier alpha value is -1.10. The Morgan fingerprint density at radius 1 is 1.50 bits per heavy atom. The third kappa shape index (κ3) is 3.22. The average molecular weight is 254 g/mol. The molecule has 0 aromatic rings. The molecule has 18 heavy (non-hydrogen) atoms. The first-order valence-corrected chi connectivity index (χ1v) is 6.85. The van der Waals surface area contributed by atoms with Gasteiger partial charge in [-0.15, -0.1) is 0 Å². The number of fused-ring (bicyclic) bond motifs is 1. The van der Waals surface area contributed by atoms with Crippen LogP contribution in [-0.2, 0) is 14.3 Å². The van der Waals surface area contributed by atoms with E-state index in [1.165, 1.54) is 0 Å². The minimum Gasteiger partial charge on any atom is -0.372 e. The van der Waals surface area contributed by atoms with E-state index in [1.807, 2.05) is 11.8 Å². The summed E-state index contributed by atoms with van der Waals surface area (Å²) < 4.78 is 5.29. The van der Waals surface area contributed by atoms with Gasteiger partial charge >= 0.3 is 0 Å². The first-order chi connectivity index (χ1) is 8.70. The van der Waals surface area contributed by atoms with Crippen molar-refractivity contribution >= 4 is 11.8 Å². The van der Waals surface area contributed by atoms with Gasteiger partial charge in [0.25, 0.3) is 0 Å². The second-order valence-corrected chi connectivity index (χ2v) is 5.15. The number of nitrogens with zero attached hydrogens (tertiary/aromatic N) is 1. The zero-order chi connectivity index (χ0) is 13.0. The fourth-order valence-corrected chi connectivity index (χ4v) is 2.73. The summed E-state index contributed by atoms with van der Waals surface area (Å²) in [6.45, 7) is 4.36. The molecule has 5 nitrogen and oxygen atoms in total. The number of piperidine rings is 2. The minimum absolute atomic E-state index is 0.0822. The van der Waals surface area contributed by atoms with Crippen molar-refractivity contribution in [1.82, 2.24) is 10.2 Å². The summed E-state index contributed by atoms with van der Waals surface area (Å²) in [4.78, 5) is 25.1. The molecule has 5 heteroatoms. The second-order valence-electron chi connectivity index (χ2n) is 5.15. The molecule has 2 saturated heterocycles. The van der Waals surface area contributed by atoms with E-state index in [4.69, 9.17) is 4.74 Å². The first-order valence-electron chi connectivity index (χ1n) is 6.85. The van der Waals surface area contributed by atoms with Crippen molar-refractivity contribution < 1.29 is 14.3 Å². The molecule has 0 radical (unpaired) electrons. The molecule has 0 spiro atoms. The summed E-state index contributed by atoms with van der Waals surface area (Å²) in [6.07, 6.45) is 3.30. The van der Waals surface area contributed by atoms with Crippen LogP contribution >= 0.6 is 0 Å². The Morgan fingerprint density at radius 2 is 2.33 bits per heavy atom. The van der Waals surface area contributed by atoms with Crippen molar-refractivity contribution in [2.75, 3.05) is 26.3 Å². The average Bonchev–Trinajstić information content (AvgIpc) is 2.38. The second kappa shape index (κ2) is 6.18. The van der Waals surface area contributed by atoms with Crippen LogP contribution in [0.1, 0.15) is 32.6 Å². The molecule has 2 fully saturated rings. The zero-order valence-electron chi connectivity index (χ0n) is 11.0. The molecule has 0 bridgehead atoms. The highest BCUT2D eigenvalue weighted by molar-refractivity contribution is 5.78. The van der Waals surface area contributed by atoms with Gasteiger partial charge in [0.05, 0.1) is 0 Å². The maximum atomic E-state index is 11.9. The summed E-state index contributed by atoms with van der Waals surface area (Å²) in [5.41, 5.74) is 0. The minimum atomic E-state index is 0.0822. The number of amides is 2. The van der Waals surface area contributed by atoms with Crippen molar-refractivity contribution in [3.63, 3.8) is 0 Å². The van der Waals surface area contributed by atoms with E-state index < -0.39 is 0 Å². The Balaban J connectivity index is 1.79. The van der Waals surface area contributed by atoms with Crippen LogP contribution in [0.25, 0.3) is 0 Å². The Labute approximate surface area is 108 Å². The van der Waals surface area contributed by atoms with Gasteiger partial charge in [-0.1, -0.05) is 6.92 Å². The molecule has 2 amide bonds. The summed E-state index contributed by atoms with van der Waals surface area (Å²) >= 11 is 0. The van der Waals surface area contributed by atoms with Crippen LogP contribution in [0, 0.1) is 5.92 Å². The van der Waals surface area contributed by atoms with E-state index in [-0.39, 0.29) is 24.5 Å². The van der Waals surface area contributed by atoms with Crippen LogP contribution in [0.5, 0.6) is 0 Å². The molecule has 0 aromatic heterocycles. The summed E-state index contributed by atoms with van der Waals surface area (Å²) in [5, 5.41) is 3.02. The molecule has 1 N–H and O–H groups in total. The molecule has 2 rings (SSSR count). The van der Waals surface area contributed by atoms with Gasteiger partial charge in [0.1, 0.15) is 6.61 Å². The fourth-order valence-electron chi connectivity index (χ4n) is 2.73. The smallest absolute Gasteiger partial charge is 0.248 e. The number of hydrogen-bond donors (Lipinski definition) is 1. The van der Waals surface area contributed by atoms with Crippen LogP contribution < -0.4 is 5.32 Å². The van der Waals surface area contributed by atoms with E-state index in [2.05, 4.69) is 5.32 Å². The van der Waals surface area contributed by atoms with Crippen molar-refractivity contribution in [1.29, 1.82) is 0 Å². The predicted octanol–water partition coefficient (Wildman–Crippen LogP) is 0.540. The lowest BCUT2D eigenvalue weighted by Crippen LogP contribution is -2.55. The van der Waals surface area contributed by atoms with Gasteiger partial charge in [0.15, 0.2) is 0 Å². The summed E-state index contributed by atoms with van der Waals surface area (Å²) in [6, 6.07) is 0.270. The van der Waals surface area contributed by atoms with Gasteiger partial charge in [-0.25, -0.2) is 0 Å². The van der Waals surface area contributed by atoms with Gasteiger partial charge in [-0.2, -0.15) is 0 Å². The number of carbonyl (C=O) groups is 2. The quantitative estimate of drug-likeness (QED) is 0.745. The van der Waals surface area contributed by atoms with Crippen LogP contribution in [0.4, 0.5) is 0 Å². The molecule has 0 aliphatic carbocycles. The third-order valence-corrected chi connectivity index (χ3v) is 3.75. The van der Waals surface area contributed by atoms with Gasteiger partial charge in [-0.05, 0) is 25.2 Å². The van der Waals surface area contributed by atoms with Crippen LogP contribution in [-0.4, -0.2) is 49.1 Å². The summed E-state index contributed by atoms with van der Waals surface area (Å²) in [5.74, 6) is 0.660. The van der Waals surface area contributed by atoms with E-state index in [9.17, 15) is 9.59 Å². The molecule has 2 heterocycles. The first kappa shape index (κ1) is 13.3. The van der Waals surface area contributed by atoms with Gasteiger partial charge in [0.2, 0.25) is 11.8 Å². The lowest BCUT2D eigenvalue weighted by Gasteiger charge is -2.41. The van der Waals surface area contributed by atoms with E-state index in [1.54, 1.807) is 0 Å². The molecule has 0 aromatic carbocycles. The SMILES string of the molecule is CCCOCC(=O)N1CCC2NC(=O)CCC2C1. The molecule has 2 aliphatic heterocycles. The maximum absolute atomic E-state index is 11.9. The standard InChI is InChI=1S/C13H22N2O3/c1-2-7-18-9-13(17)15-6-5-11-10(8-15)3-4-12(16)14-11/h10-11H,2-9H2,1H3,(H,14,16). The van der Waals surface area contributed by atoms with Crippen LogP contribution in [0.3, 0.4) is 0 Å². The van der Waals surface area contributed by atoms with Crippen LogP contribution in [0.2, 0.25) is 0 Å². The monoisotopic (exact) mass is 254 g/mol. The Kier molecular flexibility index (Phi) is 4.58. The molecule has 102 valence electrons. The van der Waals surface area contributed by atoms with Gasteiger partial charge < -0.3 is 15.0 Å². The molecular formula is C13H22N2O3. The van der Waals surface area contributed by atoms with Crippen molar-refractivity contribution in [3.05, 3.63) is 0 Å². The predicted molar refractivity (Wildman–Crippen MR) is 67.0 cm³/mol. The molecule has 0 saturated carbocycles. The number of rotatable bonds is 4. The Morgan fingerprint density at radius 3 is 3.11 bits per heavy atom. The molecule has 2 atom stereocenters. The maximum Gasteiger partial charge on any atom is 0.248 e. The fraction of sp³-hybridized carbons (Fsp3) is 0.846. The van der Waals surface area contributed by atoms with Crippen molar-refractivity contribution in [2.45, 2.75) is 38.6 Å². The van der Waals surface area contributed by atoms with E-state index >= 15 is 0 Å². The van der Waals surface area contributed by atoms with Gasteiger partial charge in [-0.3, -0.25) is 9.59 Å². The zero-order valence-corrected chi connectivity index (χ0v) is 11.0. The topological polar surface area (TPSA) is 58.6 Å². The highest BCUT2D eigenvalue weighted by Gasteiger charge is 2.35. The normalized spacial score (nSPS) is 27.6. The number of hydrogen-bond acceptors (Lipinski definition) is 3. The van der Waals surface area contributed by atoms with E-state index in [0.29, 0.717) is 18.9 Å². The van der Waals surface area contributed by atoms with Crippen molar-refractivity contribution in [3.8, 4) is 0 Å². The number of carbonyl (C=O) groups excluding carboxylic acids is 2. The number of nitrogens with one attached hydrogen (secondary N) is 1. The van der Waals surface area contributed by atoms with Crippen molar-refractivity contribution in [2.24, 2.45) is 5.92 Å². The molecular weight excluding hydrogens is 232 g/mol. The number of ether oxygens (including phenoxy) is 1. The number of likely N-dealkylation sites (tertiary alicyclic amines) is 1. The Bertz CT molecular complexity index is 319.